The molecule has 0 unspecified atom stereocenters. The van der Waals surface area contributed by atoms with Gasteiger partial charge < -0.3 is 10.1 Å². The summed E-state index contributed by atoms with van der Waals surface area (Å²) in [6.07, 6.45) is 4.24. The Labute approximate surface area is 82.8 Å². The molecule has 0 spiro atoms. The van der Waals surface area contributed by atoms with Crippen molar-refractivity contribution < 1.29 is 5.11 Å². The van der Waals surface area contributed by atoms with E-state index in [0.717, 1.165) is 0 Å². The molecule has 2 heterocycles. The van der Waals surface area contributed by atoms with E-state index in [9.17, 15) is 5.11 Å². The van der Waals surface area contributed by atoms with Crippen LogP contribution in [-0.4, -0.2) is 20.1 Å². The highest BCUT2D eigenvalue weighted by molar-refractivity contribution is 9.10. The van der Waals surface area contributed by atoms with Crippen LogP contribution in [0.5, 0.6) is 5.75 Å². The van der Waals surface area contributed by atoms with Gasteiger partial charge in [0.1, 0.15) is 22.2 Å². The molecule has 0 bridgehead atoms. The lowest BCUT2D eigenvalue weighted by molar-refractivity contribution is 0.474. The average Bonchev–Trinajstić information content (AvgIpc) is 2.53. The first-order valence-electron chi connectivity index (χ1n) is 3.55. The summed E-state index contributed by atoms with van der Waals surface area (Å²) in [5.74, 6) is 0.586. The molecule has 0 aliphatic heterocycles. The zero-order valence-corrected chi connectivity index (χ0v) is 8.04. The van der Waals surface area contributed by atoms with Gasteiger partial charge in [-0.1, -0.05) is 0 Å². The lowest BCUT2D eigenvalue weighted by Gasteiger charge is -1.97. The molecule has 65 valence electrons. The summed E-state index contributed by atoms with van der Waals surface area (Å²) in [4.78, 5) is 10.7. The van der Waals surface area contributed by atoms with E-state index in [1.807, 2.05) is 0 Å². The molecule has 5 heteroatoms. The van der Waals surface area contributed by atoms with E-state index in [4.69, 9.17) is 0 Å². The van der Waals surface area contributed by atoms with E-state index in [1.165, 1.54) is 0 Å². The van der Waals surface area contributed by atoms with Gasteiger partial charge >= 0.3 is 0 Å². The first-order chi connectivity index (χ1) is 6.27. The van der Waals surface area contributed by atoms with Crippen LogP contribution in [0.1, 0.15) is 0 Å². The van der Waals surface area contributed by atoms with Gasteiger partial charge in [-0.05, 0) is 28.1 Å². The minimum Gasteiger partial charge on any atom is -0.506 e. The van der Waals surface area contributed by atoms with Gasteiger partial charge in [-0.3, -0.25) is 0 Å². The third-order valence-corrected chi connectivity index (χ3v) is 1.88. The van der Waals surface area contributed by atoms with Crippen LogP contribution in [0.2, 0.25) is 0 Å². The van der Waals surface area contributed by atoms with Crippen molar-refractivity contribution in [1.29, 1.82) is 0 Å². The Morgan fingerprint density at radius 3 is 3.00 bits per heavy atom. The van der Waals surface area contributed by atoms with Crippen molar-refractivity contribution in [2.75, 3.05) is 0 Å². The van der Waals surface area contributed by atoms with E-state index >= 15 is 0 Å². The number of hydrogen-bond donors (Lipinski definition) is 2. The number of aromatic amines is 1. The molecule has 0 aliphatic carbocycles. The van der Waals surface area contributed by atoms with Crippen molar-refractivity contribution in [3.05, 3.63) is 29.1 Å². The van der Waals surface area contributed by atoms with E-state index in [2.05, 4.69) is 37.1 Å². The van der Waals surface area contributed by atoms with E-state index in [1.54, 1.807) is 18.3 Å². The summed E-state index contributed by atoms with van der Waals surface area (Å²) in [5, 5.41) is 9.42. The lowest BCUT2D eigenvalue weighted by Crippen LogP contribution is -1.85. The van der Waals surface area contributed by atoms with Crippen LogP contribution >= 0.6 is 15.9 Å². The molecule has 0 atom stereocenters. The van der Waals surface area contributed by atoms with Crippen molar-refractivity contribution in [3.8, 4) is 17.3 Å². The van der Waals surface area contributed by atoms with Crippen LogP contribution in [0.3, 0.4) is 0 Å². The Morgan fingerprint density at radius 2 is 2.38 bits per heavy atom. The number of rotatable bonds is 1. The molecule has 2 aromatic heterocycles. The molecular formula is C8H5BrN3O. The number of H-pyrrole nitrogens is 1. The Balaban J connectivity index is 2.52. The maximum atomic E-state index is 9.42. The minimum atomic E-state index is 0.0951. The van der Waals surface area contributed by atoms with Crippen LogP contribution in [0.4, 0.5) is 0 Å². The lowest BCUT2D eigenvalue weighted by atomic mass is 10.3. The van der Waals surface area contributed by atoms with E-state index < -0.39 is 0 Å². The summed E-state index contributed by atoms with van der Waals surface area (Å²) in [6, 6.07) is 3.21. The van der Waals surface area contributed by atoms with Gasteiger partial charge in [0.2, 0.25) is 0 Å². The van der Waals surface area contributed by atoms with Gasteiger partial charge in [-0.2, -0.15) is 0 Å². The fourth-order valence-corrected chi connectivity index (χ4v) is 1.23. The largest absolute Gasteiger partial charge is 0.506 e. The summed E-state index contributed by atoms with van der Waals surface area (Å²) in [6.45, 7) is 0. The second kappa shape index (κ2) is 3.18. The molecule has 13 heavy (non-hydrogen) atoms. The van der Waals surface area contributed by atoms with Crippen molar-refractivity contribution in [3.63, 3.8) is 0 Å². The molecule has 0 saturated carbocycles. The fourth-order valence-electron chi connectivity index (χ4n) is 0.956. The molecule has 0 amide bonds. The summed E-state index contributed by atoms with van der Waals surface area (Å²) in [7, 11) is 0. The van der Waals surface area contributed by atoms with Crippen LogP contribution in [0.15, 0.2) is 22.9 Å². The topological polar surface area (TPSA) is 61.8 Å². The number of aromatic hydroxyl groups is 1. The maximum absolute atomic E-state index is 9.42. The van der Waals surface area contributed by atoms with E-state index in [-0.39, 0.29) is 5.75 Å². The number of nitrogens with zero attached hydrogens (tertiary/aromatic N) is 2. The molecule has 1 radical (unpaired) electrons. The Morgan fingerprint density at radius 1 is 1.54 bits per heavy atom. The van der Waals surface area contributed by atoms with Crippen molar-refractivity contribution in [2.45, 2.75) is 0 Å². The minimum absolute atomic E-state index is 0.0951. The molecule has 0 fully saturated rings. The zero-order chi connectivity index (χ0) is 9.26. The standard InChI is InChI=1S/C8H5BrN3O/c9-6-4-11-8(12-6)7-5(13)2-1-3-10-7/h1-3,13H,(H,11,12). The quantitative estimate of drug-likeness (QED) is 0.796. The van der Waals surface area contributed by atoms with Gasteiger partial charge in [-0.15, -0.1) is 0 Å². The normalized spacial score (nSPS) is 10.2. The SMILES string of the molecule is Oc1cccnc1-c1n[c]c(Br)[nH]1. The predicted molar refractivity (Wildman–Crippen MR) is 50.0 cm³/mol. The Bertz CT molecular complexity index is 427. The summed E-state index contributed by atoms with van der Waals surface area (Å²) in [5.41, 5.74) is 0.421. The van der Waals surface area contributed by atoms with Crippen LogP contribution in [-0.2, 0) is 0 Å². The molecule has 2 rings (SSSR count). The monoisotopic (exact) mass is 238 g/mol. The number of halogens is 1. The van der Waals surface area contributed by atoms with Crippen molar-refractivity contribution >= 4 is 15.9 Å². The molecule has 2 N–H and O–H groups in total. The number of hydrogen-bond acceptors (Lipinski definition) is 3. The van der Waals surface area contributed by atoms with Gasteiger partial charge in [0.15, 0.2) is 5.82 Å². The Kier molecular flexibility index (Phi) is 2.02. The fraction of sp³-hybridized carbons (Fsp3) is 0. The molecule has 0 aromatic carbocycles. The molecule has 2 aromatic rings. The number of aromatic nitrogens is 3. The second-order valence-corrected chi connectivity index (χ2v) is 3.18. The van der Waals surface area contributed by atoms with Gasteiger partial charge in [-0.25, -0.2) is 9.97 Å². The predicted octanol–water partition coefficient (Wildman–Crippen LogP) is 1.74. The number of pyridine rings is 1. The molecule has 0 saturated heterocycles. The first-order valence-corrected chi connectivity index (χ1v) is 4.34. The highest BCUT2D eigenvalue weighted by Crippen LogP contribution is 2.23. The molecule has 0 aliphatic rings. The van der Waals surface area contributed by atoms with Gasteiger partial charge in [0.05, 0.1) is 0 Å². The number of nitrogens with one attached hydrogen (secondary N) is 1. The van der Waals surface area contributed by atoms with Crippen LogP contribution in [0.25, 0.3) is 11.5 Å². The third-order valence-electron chi connectivity index (χ3n) is 1.50. The number of imidazole rings is 1. The van der Waals surface area contributed by atoms with Crippen molar-refractivity contribution in [1.82, 2.24) is 15.0 Å². The zero-order valence-electron chi connectivity index (χ0n) is 6.45. The first kappa shape index (κ1) is 8.25. The summed E-state index contributed by atoms with van der Waals surface area (Å²) < 4.78 is 0.632. The van der Waals surface area contributed by atoms with E-state index in [0.29, 0.717) is 16.1 Å². The molecular weight excluding hydrogens is 234 g/mol. The maximum Gasteiger partial charge on any atom is 0.161 e. The summed E-state index contributed by atoms with van der Waals surface area (Å²) >= 11 is 3.17. The highest BCUT2D eigenvalue weighted by Gasteiger charge is 2.07. The molecule has 4 nitrogen and oxygen atoms in total. The van der Waals surface area contributed by atoms with Crippen LogP contribution in [0, 0.1) is 6.20 Å². The second-order valence-electron chi connectivity index (χ2n) is 2.38. The van der Waals surface area contributed by atoms with Crippen molar-refractivity contribution in [2.24, 2.45) is 0 Å². The van der Waals surface area contributed by atoms with Gasteiger partial charge in [0, 0.05) is 6.20 Å². The van der Waals surface area contributed by atoms with Crippen LogP contribution < -0.4 is 0 Å². The highest BCUT2D eigenvalue weighted by atomic mass is 79.9. The third kappa shape index (κ3) is 1.55. The smallest absolute Gasteiger partial charge is 0.161 e. The van der Waals surface area contributed by atoms with Gasteiger partial charge in [0.25, 0.3) is 0 Å². The Hall–Kier alpha value is -1.36. The average molecular weight is 239 g/mol.